The van der Waals surface area contributed by atoms with E-state index in [0.717, 1.165) is 0 Å². The van der Waals surface area contributed by atoms with Gasteiger partial charge in [0.05, 0.1) is 7.11 Å². The molecule has 0 bridgehead atoms. The molecule has 1 aliphatic heterocycles. The van der Waals surface area contributed by atoms with E-state index in [1.807, 2.05) is 0 Å². The Morgan fingerprint density at radius 1 is 1.09 bits per heavy atom. The molecule has 0 saturated carbocycles. The van der Waals surface area contributed by atoms with Crippen LogP contribution in [0.3, 0.4) is 0 Å². The summed E-state index contributed by atoms with van der Waals surface area (Å²) in [5.41, 5.74) is 0.255. The summed E-state index contributed by atoms with van der Waals surface area (Å²) in [6, 6.07) is 9.71. The van der Waals surface area contributed by atoms with Crippen molar-refractivity contribution in [3.05, 3.63) is 47.0 Å². The summed E-state index contributed by atoms with van der Waals surface area (Å²) in [6.45, 7) is 0.971. The highest BCUT2D eigenvalue weighted by Gasteiger charge is 2.18. The van der Waals surface area contributed by atoms with Gasteiger partial charge in [-0.15, -0.1) is 0 Å². The van der Waals surface area contributed by atoms with Crippen molar-refractivity contribution in [2.75, 3.05) is 20.3 Å². The average Bonchev–Trinajstić information content (AvgIpc) is 2.54. The number of methoxy groups -OCH3 is 1. The number of fused-ring (bicyclic) bond motifs is 1. The predicted octanol–water partition coefficient (Wildman–Crippen LogP) is 3.34. The van der Waals surface area contributed by atoms with Gasteiger partial charge in [-0.05, 0) is 30.3 Å². The number of esters is 1. The molecule has 114 valence electrons. The van der Waals surface area contributed by atoms with Crippen LogP contribution in [0.2, 0.25) is 5.02 Å². The molecular weight excluding hydrogens is 308 g/mol. The van der Waals surface area contributed by atoms with Crippen molar-refractivity contribution in [1.29, 1.82) is 0 Å². The second kappa shape index (κ2) is 6.15. The summed E-state index contributed by atoms with van der Waals surface area (Å²) in [6.07, 6.45) is 0. The molecular formula is C16H13ClO5. The van der Waals surface area contributed by atoms with Crippen molar-refractivity contribution < 1.29 is 23.7 Å². The van der Waals surface area contributed by atoms with Gasteiger partial charge in [0.25, 0.3) is 0 Å². The predicted molar refractivity (Wildman–Crippen MR) is 80.4 cm³/mol. The van der Waals surface area contributed by atoms with Crippen LogP contribution in [-0.2, 0) is 0 Å². The molecule has 1 heterocycles. The third kappa shape index (κ3) is 2.94. The van der Waals surface area contributed by atoms with Crippen LogP contribution < -0.4 is 18.9 Å². The number of carbonyl (C=O) groups excluding carboxylic acids is 1. The van der Waals surface area contributed by atoms with Gasteiger partial charge in [0.2, 0.25) is 0 Å². The fraction of sp³-hybridized carbons (Fsp3) is 0.188. The maximum atomic E-state index is 12.3. The van der Waals surface area contributed by atoms with E-state index in [1.54, 1.807) is 30.3 Å². The van der Waals surface area contributed by atoms with Crippen LogP contribution in [0, 0.1) is 0 Å². The lowest BCUT2D eigenvalue weighted by Crippen LogP contribution is -2.15. The van der Waals surface area contributed by atoms with Gasteiger partial charge in [-0.1, -0.05) is 11.6 Å². The Balaban J connectivity index is 1.84. The summed E-state index contributed by atoms with van der Waals surface area (Å²) in [4.78, 5) is 12.3. The van der Waals surface area contributed by atoms with Crippen molar-refractivity contribution in [2.24, 2.45) is 0 Å². The van der Waals surface area contributed by atoms with Crippen LogP contribution >= 0.6 is 11.6 Å². The number of hydrogen-bond donors (Lipinski definition) is 0. The SMILES string of the molecule is COc1ccc(Cl)cc1C(=O)Oc1ccc2c(c1)OCCO2. The molecule has 0 spiro atoms. The maximum Gasteiger partial charge on any atom is 0.347 e. The molecule has 0 aromatic heterocycles. The Morgan fingerprint density at radius 3 is 2.64 bits per heavy atom. The van der Waals surface area contributed by atoms with E-state index in [1.165, 1.54) is 13.2 Å². The Bertz CT molecular complexity index is 714. The molecule has 2 aromatic rings. The van der Waals surface area contributed by atoms with E-state index in [2.05, 4.69) is 0 Å². The molecule has 0 N–H and O–H groups in total. The molecule has 0 fully saturated rings. The first-order valence-corrected chi connectivity index (χ1v) is 7.00. The van der Waals surface area contributed by atoms with Gasteiger partial charge >= 0.3 is 5.97 Å². The average molecular weight is 321 g/mol. The minimum absolute atomic E-state index is 0.255. The molecule has 22 heavy (non-hydrogen) atoms. The van der Waals surface area contributed by atoms with Crippen molar-refractivity contribution in [3.63, 3.8) is 0 Å². The van der Waals surface area contributed by atoms with Gasteiger partial charge in [-0.25, -0.2) is 4.79 Å². The molecule has 0 amide bonds. The van der Waals surface area contributed by atoms with Crippen LogP contribution in [0.25, 0.3) is 0 Å². The molecule has 0 saturated heterocycles. The molecule has 2 aromatic carbocycles. The second-order valence-electron chi connectivity index (χ2n) is 4.54. The first-order valence-electron chi connectivity index (χ1n) is 6.63. The number of carbonyl (C=O) groups is 1. The minimum atomic E-state index is -0.559. The zero-order chi connectivity index (χ0) is 15.5. The maximum absolute atomic E-state index is 12.3. The van der Waals surface area contributed by atoms with Crippen LogP contribution in [-0.4, -0.2) is 26.3 Å². The first-order chi connectivity index (χ1) is 10.7. The molecule has 5 nitrogen and oxygen atoms in total. The van der Waals surface area contributed by atoms with E-state index in [9.17, 15) is 4.79 Å². The van der Waals surface area contributed by atoms with Crippen molar-refractivity contribution >= 4 is 17.6 Å². The van der Waals surface area contributed by atoms with E-state index in [0.29, 0.717) is 41.2 Å². The van der Waals surface area contributed by atoms with E-state index in [-0.39, 0.29) is 5.56 Å². The lowest BCUT2D eigenvalue weighted by Gasteiger charge is -2.18. The molecule has 0 atom stereocenters. The minimum Gasteiger partial charge on any atom is -0.496 e. The standard InChI is InChI=1S/C16H13ClO5/c1-19-13-4-2-10(17)8-12(13)16(18)22-11-3-5-14-15(9-11)21-7-6-20-14/h2-5,8-9H,6-7H2,1H3. The Kier molecular flexibility index (Phi) is 4.06. The highest BCUT2D eigenvalue weighted by atomic mass is 35.5. The molecule has 3 rings (SSSR count). The van der Waals surface area contributed by atoms with Crippen molar-refractivity contribution in [1.82, 2.24) is 0 Å². The smallest absolute Gasteiger partial charge is 0.347 e. The summed E-state index contributed by atoms with van der Waals surface area (Å²) in [5.74, 6) is 1.38. The number of halogens is 1. The van der Waals surface area contributed by atoms with Crippen LogP contribution in [0.5, 0.6) is 23.0 Å². The lowest BCUT2D eigenvalue weighted by molar-refractivity contribution is 0.0730. The quantitative estimate of drug-likeness (QED) is 0.641. The monoisotopic (exact) mass is 320 g/mol. The summed E-state index contributed by atoms with van der Waals surface area (Å²) in [5, 5.41) is 0.426. The molecule has 0 unspecified atom stereocenters. The normalized spacial score (nSPS) is 12.6. The molecule has 0 radical (unpaired) electrons. The van der Waals surface area contributed by atoms with Gasteiger partial charge in [0.15, 0.2) is 11.5 Å². The molecule has 1 aliphatic rings. The lowest BCUT2D eigenvalue weighted by atomic mass is 10.2. The Labute approximate surface area is 132 Å². The fourth-order valence-corrected chi connectivity index (χ4v) is 2.26. The third-order valence-electron chi connectivity index (χ3n) is 3.11. The van der Waals surface area contributed by atoms with Gasteiger partial charge in [0, 0.05) is 11.1 Å². The molecule has 0 aliphatic carbocycles. The highest BCUT2D eigenvalue weighted by molar-refractivity contribution is 6.31. The zero-order valence-electron chi connectivity index (χ0n) is 11.8. The zero-order valence-corrected chi connectivity index (χ0v) is 12.6. The van der Waals surface area contributed by atoms with Crippen LogP contribution in [0.15, 0.2) is 36.4 Å². The van der Waals surface area contributed by atoms with Crippen molar-refractivity contribution in [3.8, 4) is 23.0 Å². The van der Waals surface area contributed by atoms with Crippen LogP contribution in [0.4, 0.5) is 0 Å². The fourth-order valence-electron chi connectivity index (χ4n) is 2.09. The first kappa shape index (κ1) is 14.5. The van der Waals surface area contributed by atoms with Gasteiger partial charge < -0.3 is 18.9 Å². The number of benzene rings is 2. The number of ether oxygens (including phenoxy) is 4. The summed E-state index contributed by atoms with van der Waals surface area (Å²) >= 11 is 5.92. The Hall–Kier alpha value is -2.40. The number of hydrogen-bond acceptors (Lipinski definition) is 5. The van der Waals surface area contributed by atoms with Gasteiger partial charge in [0.1, 0.15) is 30.3 Å². The van der Waals surface area contributed by atoms with Gasteiger partial charge in [-0.2, -0.15) is 0 Å². The Morgan fingerprint density at radius 2 is 1.86 bits per heavy atom. The topological polar surface area (TPSA) is 54.0 Å². The largest absolute Gasteiger partial charge is 0.496 e. The summed E-state index contributed by atoms with van der Waals surface area (Å²) < 4.78 is 21.4. The highest BCUT2D eigenvalue weighted by Crippen LogP contribution is 2.34. The van der Waals surface area contributed by atoms with E-state index < -0.39 is 5.97 Å². The van der Waals surface area contributed by atoms with Crippen molar-refractivity contribution in [2.45, 2.75) is 0 Å². The second-order valence-corrected chi connectivity index (χ2v) is 4.98. The number of rotatable bonds is 3. The van der Waals surface area contributed by atoms with E-state index in [4.69, 9.17) is 30.5 Å². The molecule has 6 heteroatoms. The van der Waals surface area contributed by atoms with Gasteiger partial charge in [-0.3, -0.25) is 0 Å². The van der Waals surface area contributed by atoms with Crippen LogP contribution in [0.1, 0.15) is 10.4 Å². The third-order valence-corrected chi connectivity index (χ3v) is 3.34. The van der Waals surface area contributed by atoms with E-state index >= 15 is 0 Å². The summed E-state index contributed by atoms with van der Waals surface area (Å²) in [7, 11) is 1.48.